The van der Waals surface area contributed by atoms with Crippen LogP contribution in [0.3, 0.4) is 0 Å². The SMILES string of the molecule is C.O=C(NCC12CCCC(CCC1)C2)c1cc(CNCCOCCO)ccc1Cl. The highest BCUT2D eigenvalue weighted by Gasteiger charge is 2.39. The second-order valence-electron chi connectivity index (χ2n) is 8.36. The lowest BCUT2D eigenvalue weighted by Gasteiger charge is -2.45. The van der Waals surface area contributed by atoms with Crippen molar-refractivity contribution < 1.29 is 14.6 Å². The number of nitrogens with one attached hydrogen (secondary N) is 2. The molecule has 0 radical (unpaired) electrons. The molecule has 0 saturated heterocycles. The normalized spacial score (nSPS) is 23.3. The number of amides is 1. The molecule has 0 heterocycles. The van der Waals surface area contributed by atoms with Crippen LogP contribution in [0.4, 0.5) is 0 Å². The Morgan fingerprint density at radius 1 is 1.24 bits per heavy atom. The molecule has 1 aromatic rings. The Bertz CT molecular complexity index is 643. The number of fused-ring (bicyclic) bond motifs is 2. The summed E-state index contributed by atoms with van der Waals surface area (Å²) in [5.41, 5.74) is 1.87. The molecule has 3 rings (SSSR count). The van der Waals surface area contributed by atoms with Gasteiger partial charge in [0.1, 0.15) is 0 Å². The van der Waals surface area contributed by atoms with Crippen LogP contribution in [-0.2, 0) is 11.3 Å². The van der Waals surface area contributed by atoms with E-state index in [1.165, 1.54) is 44.9 Å². The number of aliphatic hydroxyl groups is 1. The van der Waals surface area contributed by atoms with Gasteiger partial charge in [-0.3, -0.25) is 4.79 Å². The van der Waals surface area contributed by atoms with Gasteiger partial charge in [0, 0.05) is 19.6 Å². The Labute approximate surface area is 180 Å². The van der Waals surface area contributed by atoms with E-state index in [4.69, 9.17) is 21.4 Å². The van der Waals surface area contributed by atoms with Crippen LogP contribution in [0, 0.1) is 11.3 Å². The van der Waals surface area contributed by atoms with Crippen molar-refractivity contribution in [2.75, 3.05) is 32.9 Å². The minimum absolute atomic E-state index is 0. The zero-order valence-corrected chi connectivity index (χ0v) is 17.4. The summed E-state index contributed by atoms with van der Waals surface area (Å²) in [7, 11) is 0. The van der Waals surface area contributed by atoms with Crippen LogP contribution >= 0.6 is 11.6 Å². The van der Waals surface area contributed by atoms with Gasteiger partial charge in [0.05, 0.1) is 30.4 Å². The molecule has 2 aliphatic rings. The maximum absolute atomic E-state index is 12.8. The number of carbonyl (C=O) groups is 1. The van der Waals surface area contributed by atoms with E-state index in [0.717, 1.165) is 18.0 Å². The van der Waals surface area contributed by atoms with Gasteiger partial charge in [0.2, 0.25) is 0 Å². The number of ether oxygens (including phenoxy) is 1. The molecule has 0 spiro atoms. The van der Waals surface area contributed by atoms with Gasteiger partial charge in [-0.1, -0.05) is 50.8 Å². The van der Waals surface area contributed by atoms with Crippen molar-refractivity contribution >= 4 is 17.5 Å². The maximum Gasteiger partial charge on any atom is 0.252 e. The third kappa shape index (κ3) is 6.95. The van der Waals surface area contributed by atoms with Crippen molar-refractivity contribution in [3.8, 4) is 0 Å². The summed E-state index contributed by atoms with van der Waals surface area (Å²) in [6.07, 6.45) is 9.06. The van der Waals surface area contributed by atoms with Gasteiger partial charge in [-0.15, -0.1) is 0 Å². The van der Waals surface area contributed by atoms with E-state index in [9.17, 15) is 4.79 Å². The second-order valence-corrected chi connectivity index (χ2v) is 8.77. The van der Waals surface area contributed by atoms with Crippen molar-refractivity contribution in [1.82, 2.24) is 10.6 Å². The topological polar surface area (TPSA) is 70.6 Å². The summed E-state index contributed by atoms with van der Waals surface area (Å²) in [5, 5.41) is 15.6. The van der Waals surface area contributed by atoms with Crippen molar-refractivity contribution in [1.29, 1.82) is 0 Å². The van der Waals surface area contributed by atoms with Gasteiger partial charge in [0.25, 0.3) is 5.91 Å². The van der Waals surface area contributed by atoms with Gasteiger partial charge in [0.15, 0.2) is 0 Å². The first-order chi connectivity index (χ1) is 13.6. The Morgan fingerprint density at radius 2 is 2.00 bits per heavy atom. The summed E-state index contributed by atoms with van der Waals surface area (Å²) in [6.45, 7) is 3.04. The van der Waals surface area contributed by atoms with Crippen LogP contribution in [-0.4, -0.2) is 43.9 Å². The van der Waals surface area contributed by atoms with E-state index >= 15 is 0 Å². The fourth-order valence-electron chi connectivity index (χ4n) is 4.83. The fourth-order valence-corrected chi connectivity index (χ4v) is 5.04. The minimum Gasteiger partial charge on any atom is -0.394 e. The van der Waals surface area contributed by atoms with Crippen LogP contribution < -0.4 is 10.6 Å². The van der Waals surface area contributed by atoms with E-state index in [2.05, 4.69) is 10.6 Å². The van der Waals surface area contributed by atoms with E-state index in [-0.39, 0.29) is 19.9 Å². The van der Waals surface area contributed by atoms with E-state index in [1.54, 1.807) is 6.07 Å². The lowest BCUT2D eigenvalue weighted by atomic mass is 9.62. The summed E-state index contributed by atoms with van der Waals surface area (Å²) in [6, 6.07) is 5.61. The molecule has 1 aromatic carbocycles. The highest BCUT2D eigenvalue weighted by molar-refractivity contribution is 6.33. The Balaban J connectivity index is 0.00000300. The molecule has 2 saturated carbocycles. The van der Waals surface area contributed by atoms with Gasteiger partial charge in [-0.2, -0.15) is 0 Å². The highest BCUT2D eigenvalue weighted by Crippen LogP contribution is 2.48. The van der Waals surface area contributed by atoms with Crippen LogP contribution in [0.25, 0.3) is 0 Å². The molecule has 0 aromatic heterocycles. The van der Waals surface area contributed by atoms with Crippen LogP contribution in [0.5, 0.6) is 0 Å². The number of rotatable bonds is 10. The molecular formula is C23H37ClN2O3. The molecule has 164 valence electrons. The molecule has 0 aliphatic heterocycles. The zero-order valence-electron chi connectivity index (χ0n) is 16.6. The van der Waals surface area contributed by atoms with Gasteiger partial charge in [-0.25, -0.2) is 0 Å². The van der Waals surface area contributed by atoms with E-state index in [0.29, 0.717) is 42.3 Å². The Kier molecular flexibility index (Phi) is 9.90. The predicted molar refractivity (Wildman–Crippen MR) is 118 cm³/mol. The van der Waals surface area contributed by atoms with Gasteiger partial charge in [-0.05, 0) is 48.3 Å². The number of halogens is 1. The summed E-state index contributed by atoms with van der Waals surface area (Å²) in [5.74, 6) is 0.791. The molecule has 1 amide bonds. The molecule has 5 nitrogen and oxygen atoms in total. The van der Waals surface area contributed by atoms with Gasteiger partial charge >= 0.3 is 0 Å². The summed E-state index contributed by atoms with van der Waals surface area (Å²) < 4.78 is 5.23. The standard InChI is InChI=1S/C22H33ClN2O3.CH4/c23-20-6-5-18(15-24-9-11-28-12-10-26)13-19(20)21(27)25-16-22-7-1-3-17(14-22)4-2-8-22;/h5-6,13,17,24,26H,1-4,7-12,14-16H2,(H,25,27);1H4. The largest absolute Gasteiger partial charge is 0.394 e. The zero-order chi connectivity index (χ0) is 19.8. The highest BCUT2D eigenvalue weighted by atomic mass is 35.5. The Hall–Kier alpha value is -1.14. The predicted octanol–water partition coefficient (Wildman–Crippen LogP) is 4.16. The average molecular weight is 425 g/mol. The number of aliphatic hydroxyl groups excluding tert-OH is 1. The van der Waals surface area contributed by atoms with Crippen molar-refractivity contribution in [3.05, 3.63) is 34.3 Å². The molecule has 29 heavy (non-hydrogen) atoms. The average Bonchev–Trinajstić information content (AvgIpc) is 2.70. The monoisotopic (exact) mass is 424 g/mol. The Morgan fingerprint density at radius 3 is 2.72 bits per heavy atom. The molecule has 0 unspecified atom stereocenters. The smallest absolute Gasteiger partial charge is 0.252 e. The van der Waals surface area contributed by atoms with Crippen molar-refractivity contribution in [3.63, 3.8) is 0 Å². The summed E-state index contributed by atoms with van der Waals surface area (Å²) >= 11 is 6.31. The second kappa shape index (κ2) is 11.9. The molecule has 2 fully saturated rings. The first-order valence-corrected chi connectivity index (χ1v) is 11.0. The number of carbonyl (C=O) groups excluding carboxylic acids is 1. The molecule has 2 aliphatic carbocycles. The molecule has 0 atom stereocenters. The van der Waals surface area contributed by atoms with Crippen LogP contribution in [0.1, 0.15) is 68.3 Å². The molecule has 6 heteroatoms. The summed E-state index contributed by atoms with van der Waals surface area (Å²) in [4.78, 5) is 12.8. The lowest BCUT2D eigenvalue weighted by Crippen LogP contribution is -2.43. The third-order valence-corrected chi connectivity index (χ3v) is 6.58. The minimum atomic E-state index is -0.0693. The number of hydrogen-bond acceptors (Lipinski definition) is 4. The quantitative estimate of drug-likeness (QED) is 0.493. The maximum atomic E-state index is 12.8. The van der Waals surface area contributed by atoms with Crippen molar-refractivity contribution in [2.45, 2.75) is 58.9 Å². The lowest BCUT2D eigenvalue weighted by molar-refractivity contribution is 0.0681. The van der Waals surface area contributed by atoms with Crippen LogP contribution in [0.2, 0.25) is 5.02 Å². The van der Waals surface area contributed by atoms with E-state index in [1.807, 2.05) is 12.1 Å². The van der Waals surface area contributed by atoms with Gasteiger partial charge < -0.3 is 20.5 Å². The first kappa shape index (κ1) is 24.1. The number of benzene rings is 1. The van der Waals surface area contributed by atoms with E-state index < -0.39 is 0 Å². The molecular weight excluding hydrogens is 388 g/mol. The first-order valence-electron chi connectivity index (χ1n) is 10.6. The third-order valence-electron chi connectivity index (χ3n) is 6.25. The number of hydrogen-bond donors (Lipinski definition) is 3. The molecule has 2 bridgehead atoms. The van der Waals surface area contributed by atoms with Crippen molar-refractivity contribution in [2.24, 2.45) is 11.3 Å². The molecule has 3 N–H and O–H groups in total. The fraction of sp³-hybridized carbons (Fsp3) is 0.696. The van der Waals surface area contributed by atoms with Crippen LogP contribution in [0.15, 0.2) is 18.2 Å².